The number of rotatable bonds is 3. The van der Waals surface area contributed by atoms with Gasteiger partial charge in [0.2, 0.25) is 0 Å². The summed E-state index contributed by atoms with van der Waals surface area (Å²) in [4.78, 5) is 38.7. The zero-order chi connectivity index (χ0) is 13.9. The lowest BCUT2D eigenvalue weighted by molar-refractivity contribution is 0.0946. The average Bonchev–Trinajstić information content (AvgIpc) is 2.48. The molecule has 0 atom stereocenters. The Morgan fingerprint density at radius 1 is 1.20 bits per heavy atom. The number of aromatic amines is 1. The molecule has 7 heteroatoms. The third-order valence-corrected chi connectivity index (χ3v) is 2.74. The van der Waals surface area contributed by atoms with Crippen LogP contribution in [-0.4, -0.2) is 19.7 Å². The van der Waals surface area contributed by atoms with Crippen LogP contribution in [0.15, 0.2) is 52.4 Å². The highest BCUT2D eigenvalue weighted by atomic mass is 16.7. The van der Waals surface area contributed by atoms with Gasteiger partial charge in [0.05, 0.1) is 0 Å². The molecular weight excluding hydrogens is 260 g/mol. The lowest BCUT2D eigenvalue weighted by Crippen LogP contribution is -2.34. The van der Waals surface area contributed by atoms with E-state index in [0.717, 1.165) is 10.3 Å². The van der Waals surface area contributed by atoms with Crippen molar-refractivity contribution in [2.75, 3.05) is 0 Å². The Bertz CT molecular complexity index is 855. The molecule has 0 aliphatic heterocycles. The lowest BCUT2D eigenvalue weighted by Gasteiger charge is -2.09. The van der Waals surface area contributed by atoms with Gasteiger partial charge in [-0.05, 0) is 5.56 Å². The summed E-state index contributed by atoms with van der Waals surface area (Å²) in [5.41, 5.74) is -0.167. The van der Waals surface area contributed by atoms with Crippen molar-refractivity contribution < 1.29 is 4.84 Å². The summed E-state index contributed by atoms with van der Waals surface area (Å²) in [6, 6.07) is 9.36. The Balaban J connectivity index is 2.03. The Morgan fingerprint density at radius 2 is 2.00 bits per heavy atom. The molecule has 100 valence electrons. The highest BCUT2D eigenvalue weighted by Gasteiger charge is 2.09. The van der Waals surface area contributed by atoms with Crippen molar-refractivity contribution in [2.45, 2.75) is 6.61 Å². The van der Waals surface area contributed by atoms with Gasteiger partial charge in [0, 0.05) is 6.20 Å². The third-order valence-electron chi connectivity index (χ3n) is 2.74. The number of fused-ring (bicyclic) bond motifs is 1. The molecule has 0 fully saturated rings. The Hall–Kier alpha value is -2.96. The molecule has 7 nitrogen and oxygen atoms in total. The van der Waals surface area contributed by atoms with Crippen LogP contribution in [0.25, 0.3) is 11.0 Å². The quantitative estimate of drug-likeness (QED) is 0.729. The molecule has 2 aromatic heterocycles. The Kier molecular flexibility index (Phi) is 3.00. The molecule has 0 saturated heterocycles. The van der Waals surface area contributed by atoms with Crippen molar-refractivity contribution in [2.24, 2.45) is 0 Å². The first-order valence-corrected chi connectivity index (χ1v) is 5.88. The fourth-order valence-corrected chi connectivity index (χ4v) is 1.79. The molecule has 2 heterocycles. The van der Waals surface area contributed by atoms with Crippen LogP contribution in [0.2, 0.25) is 0 Å². The van der Waals surface area contributed by atoms with Gasteiger partial charge in [0.15, 0.2) is 5.65 Å². The Labute approximate surface area is 112 Å². The van der Waals surface area contributed by atoms with Gasteiger partial charge in [-0.25, -0.2) is 14.8 Å². The molecule has 3 rings (SSSR count). The van der Waals surface area contributed by atoms with E-state index in [1.54, 1.807) is 0 Å². The van der Waals surface area contributed by atoms with E-state index in [0.29, 0.717) is 0 Å². The van der Waals surface area contributed by atoms with Gasteiger partial charge in [-0.2, -0.15) is 0 Å². The van der Waals surface area contributed by atoms with Gasteiger partial charge in [-0.3, -0.25) is 9.78 Å². The maximum absolute atomic E-state index is 11.8. The molecule has 0 amide bonds. The van der Waals surface area contributed by atoms with Crippen LogP contribution in [0.1, 0.15) is 5.56 Å². The number of benzene rings is 1. The molecular formula is C13H10N4O3. The van der Waals surface area contributed by atoms with Gasteiger partial charge < -0.3 is 4.84 Å². The first-order valence-electron chi connectivity index (χ1n) is 5.88. The van der Waals surface area contributed by atoms with Crippen LogP contribution in [0.4, 0.5) is 0 Å². The van der Waals surface area contributed by atoms with E-state index in [2.05, 4.69) is 15.0 Å². The van der Waals surface area contributed by atoms with Crippen LogP contribution < -0.4 is 16.1 Å². The highest BCUT2D eigenvalue weighted by molar-refractivity contribution is 5.71. The predicted octanol–water partition coefficient (Wildman–Crippen LogP) is 0.109. The van der Waals surface area contributed by atoms with E-state index in [1.165, 1.54) is 12.5 Å². The second kappa shape index (κ2) is 4.96. The maximum atomic E-state index is 11.8. The normalized spacial score (nSPS) is 10.6. The van der Waals surface area contributed by atoms with Crippen LogP contribution >= 0.6 is 0 Å². The van der Waals surface area contributed by atoms with Gasteiger partial charge in [0.1, 0.15) is 18.3 Å². The third kappa shape index (κ3) is 2.16. The molecule has 1 aromatic carbocycles. The van der Waals surface area contributed by atoms with Crippen molar-refractivity contribution in [3.8, 4) is 0 Å². The molecule has 20 heavy (non-hydrogen) atoms. The number of H-pyrrole nitrogens is 1. The largest absolute Gasteiger partial charge is 0.403 e. The Morgan fingerprint density at radius 3 is 2.80 bits per heavy atom. The minimum Gasteiger partial charge on any atom is -0.403 e. The zero-order valence-electron chi connectivity index (χ0n) is 10.3. The van der Waals surface area contributed by atoms with E-state index in [-0.39, 0.29) is 17.6 Å². The van der Waals surface area contributed by atoms with Crippen LogP contribution in [0.3, 0.4) is 0 Å². The highest BCUT2D eigenvalue weighted by Crippen LogP contribution is 2.02. The summed E-state index contributed by atoms with van der Waals surface area (Å²) in [6.07, 6.45) is 2.59. The fourth-order valence-electron chi connectivity index (χ4n) is 1.79. The number of nitrogens with one attached hydrogen (secondary N) is 1. The maximum Gasteiger partial charge on any atom is 0.363 e. The van der Waals surface area contributed by atoms with E-state index in [1.807, 2.05) is 30.3 Å². The first-order chi connectivity index (χ1) is 9.75. The van der Waals surface area contributed by atoms with Crippen LogP contribution in [-0.2, 0) is 6.61 Å². The lowest BCUT2D eigenvalue weighted by atomic mass is 10.2. The topological polar surface area (TPSA) is 89.9 Å². The number of nitrogens with zero attached hydrogens (tertiary/aromatic N) is 3. The predicted molar refractivity (Wildman–Crippen MR) is 71.1 cm³/mol. The fraction of sp³-hybridized carbons (Fsp3) is 0.0769. The summed E-state index contributed by atoms with van der Waals surface area (Å²) in [5, 5.41) is 0.195. The summed E-state index contributed by atoms with van der Waals surface area (Å²) < 4.78 is 0.964. The van der Waals surface area contributed by atoms with Crippen molar-refractivity contribution >= 4 is 11.0 Å². The molecule has 0 radical (unpaired) electrons. The number of hydrogen-bond donors (Lipinski definition) is 1. The van der Waals surface area contributed by atoms with E-state index in [9.17, 15) is 9.59 Å². The van der Waals surface area contributed by atoms with Gasteiger partial charge in [-0.1, -0.05) is 30.3 Å². The monoisotopic (exact) mass is 270 g/mol. The van der Waals surface area contributed by atoms with Gasteiger partial charge in [-0.15, -0.1) is 4.73 Å². The summed E-state index contributed by atoms with van der Waals surface area (Å²) in [5.74, 6) is 0. The summed E-state index contributed by atoms with van der Waals surface area (Å²) in [7, 11) is 0. The van der Waals surface area contributed by atoms with Gasteiger partial charge in [0.25, 0.3) is 5.56 Å². The summed E-state index contributed by atoms with van der Waals surface area (Å²) in [6.45, 7) is 0.186. The van der Waals surface area contributed by atoms with Crippen LogP contribution in [0.5, 0.6) is 0 Å². The molecule has 0 saturated carbocycles. The molecule has 0 bridgehead atoms. The first kappa shape index (κ1) is 12.1. The standard InChI is InChI=1S/C13H10N4O3/c18-12-10-6-14-8-15-11(10)17(13(19)16-12)20-7-9-4-2-1-3-5-9/h1-6,8H,7H2,(H,16,18,19). The second-order valence-corrected chi connectivity index (χ2v) is 4.07. The number of aromatic nitrogens is 4. The molecule has 0 spiro atoms. The van der Waals surface area contributed by atoms with E-state index < -0.39 is 11.2 Å². The summed E-state index contributed by atoms with van der Waals surface area (Å²) >= 11 is 0. The second-order valence-electron chi connectivity index (χ2n) is 4.07. The molecule has 0 aliphatic carbocycles. The van der Waals surface area contributed by atoms with E-state index >= 15 is 0 Å². The van der Waals surface area contributed by atoms with Crippen LogP contribution in [0, 0.1) is 0 Å². The minimum atomic E-state index is -0.669. The van der Waals surface area contributed by atoms with Crippen molar-refractivity contribution in [3.05, 3.63) is 69.3 Å². The van der Waals surface area contributed by atoms with E-state index in [4.69, 9.17) is 4.84 Å². The average molecular weight is 270 g/mol. The van der Waals surface area contributed by atoms with Crippen molar-refractivity contribution in [1.29, 1.82) is 0 Å². The smallest absolute Gasteiger partial charge is 0.363 e. The minimum absolute atomic E-state index is 0.143. The molecule has 0 unspecified atom stereocenters. The van der Waals surface area contributed by atoms with Crippen molar-refractivity contribution in [3.63, 3.8) is 0 Å². The molecule has 1 N–H and O–H groups in total. The molecule has 0 aliphatic rings. The van der Waals surface area contributed by atoms with Gasteiger partial charge >= 0.3 is 5.69 Å². The van der Waals surface area contributed by atoms with Crippen molar-refractivity contribution in [1.82, 2.24) is 19.7 Å². The molecule has 3 aromatic rings. The zero-order valence-corrected chi connectivity index (χ0v) is 10.3. The SMILES string of the molecule is O=c1[nH]c(=O)n(OCc2ccccc2)c2ncncc12. The number of hydrogen-bond acceptors (Lipinski definition) is 5.